The van der Waals surface area contributed by atoms with Gasteiger partial charge in [0.2, 0.25) is 6.79 Å². The van der Waals surface area contributed by atoms with Crippen molar-refractivity contribution in [2.24, 2.45) is 0 Å². The lowest BCUT2D eigenvalue weighted by atomic mass is 9.89. The summed E-state index contributed by atoms with van der Waals surface area (Å²) in [4.78, 5) is 25.8. The van der Waals surface area contributed by atoms with Gasteiger partial charge in [-0.3, -0.25) is 5.32 Å². The van der Waals surface area contributed by atoms with E-state index in [4.69, 9.17) is 24.2 Å². The average Bonchev–Trinajstić information content (AvgIpc) is 3.63. The third kappa shape index (κ3) is 5.61. The Labute approximate surface area is 232 Å². The molecule has 1 aliphatic rings. The molecule has 1 aliphatic heterocycles. The molecule has 1 amide bonds. The predicted molar refractivity (Wildman–Crippen MR) is 154 cm³/mol. The van der Waals surface area contributed by atoms with Crippen LogP contribution in [0.1, 0.15) is 36.1 Å². The van der Waals surface area contributed by atoms with Crippen LogP contribution >= 0.6 is 0 Å². The molecule has 5 aromatic rings. The smallest absolute Gasteiger partial charge is 0.412 e. The fourth-order valence-corrected chi connectivity index (χ4v) is 5.06. The van der Waals surface area contributed by atoms with Crippen LogP contribution in [-0.4, -0.2) is 34.4 Å². The number of aryl methyl sites for hydroxylation is 1. The summed E-state index contributed by atoms with van der Waals surface area (Å²) < 4.78 is 16.2. The number of hydrogen-bond acceptors (Lipinski definition) is 6. The van der Waals surface area contributed by atoms with Gasteiger partial charge in [0.25, 0.3) is 0 Å². The number of aromatic nitrogens is 3. The van der Waals surface area contributed by atoms with E-state index in [2.05, 4.69) is 58.8 Å². The zero-order valence-corrected chi connectivity index (χ0v) is 22.2. The number of aromatic amines is 1. The van der Waals surface area contributed by atoms with Crippen LogP contribution in [-0.2, 0) is 17.6 Å². The minimum Gasteiger partial charge on any atom is -0.454 e. The first-order chi connectivity index (χ1) is 19.7. The Hall–Kier alpha value is -4.85. The third-order valence-corrected chi connectivity index (χ3v) is 6.98. The van der Waals surface area contributed by atoms with Gasteiger partial charge in [0.05, 0.1) is 17.8 Å². The maximum atomic E-state index is 12.3. The fraction of sp³-hybridized carbons (Fsp3) is 0.219. The van der Waals surface area contributed by atoms with Gasteiger partial charge < -0.3 is 19.2 Å². The van der Waals surface area contributed by atoms with Gasteiger partial charge in [-0.15, -0.1) is 0 Å². The topological polar surface area (TPSA) is 98.4 Å². The highest BCUT2D eigenvalue weighted by Gasteiger charge is 2.23. The Morgan fingerprint density at radius 2 is 1.70 bits per heavy atom. The normalized spacial score (nSPS) is 12.8. The number of anilines is 1. The second-order valence-corrected chi connectivity index (χ2v) is 9.70. The molecule has 0 saturated heterocycles. The molecule has 202 valence electrons. The summed E-state index contributed by atoms with van der Waals surface area (Å²) in [5, 5.41) is 2.79. The number of H-pyrrole nitrogens is 1. The van der Waals surface area contributed by atoms with Crippen LogP contribution in [0.15, 0.2) is 84.9 Å². The first-order valence-corrected chi connectivity index (χ1v) is 13.5. The first kappa shape index (κ1) is 25.4. The highest BCUT2D eigenvalue weighted by Crippen LogP contribution is 2.37. The van der Waals surface area contributed by atoms with E-state index in [0.29, 0.717) is 23.1 Å². The molecular formula is C32H30N4O4. The average molecular weight is 535 g/mol. The van der Waals surface area contributed by atoms with Crippen molar-refractivity contribution in [1.82, 2.24) is 15.0 Å². The number of imidazole rings is 1. The molecule has 2 N–H and O–H groups in total. The van der Waals surface area contributed by atoms with Crippen LogP contribution in [0.4, 0.5) is 10.6 Å². The Kier molecular flexibility index (Phi) is 7.30. The maximum Gasteiger partial charge on any atom is 0.412 e. The summed E-state index contributed by atoms with van der Waals surface area (Å²) in [7, 11) is 0. The lowest BCUT2D eigenvalue weighted by molar-refractivity contribution is 0.167. The number of carbonyl (C=O) groups excluding carboxylic acids is 1. The van der Waals surface area contributed by atoms with E-state index in [1.54, 1.807) is 13.0 Å². The molecule has 0 bridgehead atoms. The molecule has 6 rings (SSSR count). The van der Waals surface area contributed by atoms with Crippen molar-refractivity contribution >= 4 is 22.9 Å². The Morgan fingerprint density at radius 1 is 0.950 bits per heavy atom. The summed E-state index contributed by atoms with van der Waals surface area (Å²) in [6.45, 7) is 2.25. The Balaban J connectivity index is 1.43. The van der Waals surface area contributed by atoms with Crippen LogP contribution in [0.5, 0.6) is 11.5 Å². The molecule has 0 saturated carbocycles. The van der Waals surface area contributed by atoms with Crippen molar-refractivity contribution in [3.63, 3.8) is 0 Å². The Morgan fingerprint density at radius 3 is 2.48 bits per heavy atom. The molecule has 2 aromatic heterocycles. The van der Waals surface area contributed by atoms with Crippen LogP contribution < -0.4 is 14.8 Å². The quantitative estimate of drug-likeness (QED) is 0.214. The summed E-state index contributed by atoms with van der Waals surface area (Å²) in [5.74, 6) is 2.55. The number of carbonyl (C=O) groups is 1. The number of amides is 1. The van der Waals surface area contributed by atoms with Gasteiger partial charge in [-0.2, -0.15) is 0 Å². The number of rotatable bonds is 9. The second kappa shape index (κ2) is 11.5. The number of fused-ring (bicyclic) bond motifs is 2. The van der Waals surface area contributed by atoms with Crippen molar-refractivity contribution in [2.45, 2.75) is 32.1 Å². The van der Waals surface area contributed by atoms with Gasteiger partial charge in [-0.25, -0.2) is 14.8 Å². The summed E-state index contributed by atoms with van der Waals surface area (Å²) in [5.41, 5.74) is 5.73. The standard InChI is InChI=1S/C32H30N4O4/c1-2-38-32(37)35-28-19-25-30(36-31(33-25)24-15-16-26-27(18-24)40-20-39-26)29(34-28)23(17-22-11-7-4-8-12-22)14-13-21-9-5-3-6-10-21/h3-12,15-16,18-19,23H,2,13-14,17,20H2,1H3,(H,33,36)(H,34,35,37). The van der Waals surface area contributed by atoms with Gasteiger partial charge in [0.1, 0.15) is 17.2 Å². The number of benzene rings is 3. The number of pyridine rings is 1. The van der Waals surface area contributed by atoms with Gasteiger partial charge >= 0.3 is 6.09 Å². The fourth-order valence-electron chi connectivity index (χ4n) is 5.06. The predicted octanol–water partition coefficient (Wildman–Crippen LogP) is 6.88. The monoisotopic (exact) mass is 534 g/mol. The molecule has 3 aromatic carbocycles. The number of hydrogen-bond donors (Lipinski definition) is 2. The van der Waals surface area contributed by atoms with E-state index in [1.807, 2.05) is 30.3 Å². The van der Waals surface area contributed by atoms with Gasteiger partial charge in [-0.1, -0.05) is 60.7 Å². The van der Waals surface area contributed by atoms with Crippen LogP contribution in [0.3, 0.4) is 0 Å². The van der Waals surface area contributed by atoms with Gasteiger partial charge in [0.15, 0.2) is 11.5 Å². The second-order valence-electron chi connectivity index (χ2n) is 9.70. The van der Waals surface area contributed by atoms with Crippen molar-refractivity contribution in [3.05, 3.63) is 102 Å². The maximum absolute atomic E-state index is 12.3. The molecule has 0 spiro atoms. The van der Waals surface area contributed by atoms with Gasteiger partial charge in [-0.05, 0) is 55.5 Å². The van der Waals surface area contributed by atoms with E-state index in [0.717, 1.165) is 41.6 Å². The van der Waals surface area contributed by atoms with Crippen LogP contribution in [0.25, 0.3) is 22.4 Å². The van der Waals surface area contributed by atoms with Crippen LogP contribution in [0.2, 0.25) is 0 Å². The number of nitrogens with zero attached hydrogens (tertiary/aromatic N) is 2. The lowest BCUT2D eigenvalue weighted by Crippen LogP contribution is -2.16. The molecule has 0 radical (unpaired) electrons. The molecule has 8 nitrogen and oxygen atoms in total. The summed E-state index contributed by atoms with van der Waals surface area (Å²) in [6.07, 6.45) is 1.98. The molecular weight excluding hydrogens is 504 g/mol. The highest BCUT2D eigenvalue weighted by molar-refractivity contribution is 5.89. The minimum atomic E-state index is -0.542. The van der Waals surface area contributed by atoms with Crippen molar-refractivity contribution < 1.29 is 19.0 Å². The molecule has 40 heavy (non-hydrogen) atoms. The van der Waals surface area contributed by atoms with Crippen molar-refractivity contribution in [1.29, 1.82) is 0 Å². The third-order valence-electron chi connectivity index (χ3n) is 6.98. The largest absolute Gasteiger partial charge is 0.454 e. The molecule has 0 fully saturated rings. The minimum absolute atomic E-state index is 0.0435. The van der Waals surface area contributed by atoms with Crippen molar-refractivity contribution in [2.75, 3.05) is 18.7 Å². The van der Waals surface area contributed by atoms with E-state index >= 15 is 0 Å². The van der Waals surface area contributed by atoms with E-state index in [-0.39, 0.29) is 19.3 Å². The summed E-state index contributed by atoms with van der Waals surface area (Å²) in [6, 6.07) is 28.4. The van der Waals surface area contributed by atoms with E-state index < -0.39 is 6.09 Å². The molecule has 1 atom stereocenters. The zero-order valence-electron chi connectivity index (χ0n) is 22.2. The molecule has 3 heterocycles. The van der Waals surface area contributed by atoms with Gasteiger partial charge in [0, 0.05) is 17.5 Å². The van der Waals surface area contributed by atoms with E-state index in [1.165, 1.54) is 11.1 Å². The molecule has 0 aliphatic carbocycles. The van der Waals surface area contributed by atoms with Crippen LogP contribution in [0, 0.1) is 0 Å². The molecule has 8 heteroatoms. The first-order valence-electron chi connectivity index (χ1n) is 13.5. The zero-order chi connectivity index (χ0) is 27.3. The van der Waals surface area contributed by atoms with Crippen molar-refractivity contribution in [3.8, 4) is 22.9 Å². The summed E-state index contributed by atoms with van der Waals surface area (Å²) >= 11 is 0. The number of nitrogens with one attached hydrogen (secondary N) is 2. The molecule has 1 unspecified atom stereocenters. The lowest BCUT2D eigenvalue weighted by Gasteiger charge is -2.18. The number of ether oxygens (including phenoxy) is 3. The SMILES string of the molecule is CCOC(=O)Nc1cc2[nH]c(-c3ccc4c(c3)OCO4)nc2c(C(CCc2ccccc2)Cc2ccccc2)n1. The Bertz CT molecular complexity index is 1620. The van der Waals surface area contributed by atoms with E-state index in [9.17, 15) is 4.79 Å². The highest BCUT2D eigenvalue weighted by atomic mass is 16.7.